The highest BCUT2D eigenvalue weighted by Crippen LogP contribution is 2.42. The quantitative estimate of drug-likeness (QED) is 0.253. The van der Waals surface area contributed by atoms with Gasteiger partial charge in [0, 0.05) is 33.7 Å². The Kier molecular flexibility index (Phi) is 7.64. The summed E-state index contributed by atoms with van der Waals surface area (Å²) in [5, 5.41) is 3.85. The summed E-state index contributed by atoms with van der Waals surface area (Å²) in [7, 11) is 1.65. The number of fused-ring (bicyclic) bond motifs is 1. The number of methoxy groups -OCH3 is 1. The third kappa shape index (κ3) is 4.93. The van der Waals surface area contributed by atoms with E-state index < -0.39 is 0 Å². The molecule has 4 rings (SSSR count). The van der Waals surface area contributed by atoms with Crippen LogP contribution in [0.2, 0.25) is 0 Å². The van der Waals surface area contributed by atoms with Crippen LogP contribution in [-0.2, 0) is 4.79 Å². The fourth-order valence-corrected chi connectivity index (χ4v) is 4.31. The predicted octanol–water partition coefficient (Wildman–Crippen LogP) is 7.26. The van der Waals surface area contributed by atoms with Crippen molar-refractivity contribution >= 4 is 28.1 Å². The van der Waals surface area contributed by atoms with Crippen LogP contribution in [0.1, 0.15) is 31.9 Å². The first-order chi connectivity index (χ1) is 17.5. The molecule has 1 N–H and O–H groups in total. The van der Waals surface area contributed by atoms with E-state index in [1.54, 1.807) is 19.4 Å². The Labute approximate surface area is 211 Å². The Balaban J connectivity index is 1.78. The maximum atomic E-state index is 13.0. The molecule has 0 aliphatic carbocycles. The number of rotatable bonds is 9. The summed E-state index contributed by atoms with van der Waals surface area (Å²) in [4.78, 5) is 13.0. The van der Waals surface area contributed by atoms with Crippen LogP contribution in [-0.4, -0.2) is 26.2 Å². The minimum Gasteiger partial charge on any atom is -0.496 e. The van der Waals surface area contributed by atoms with E-state index in [0.717, 1.165) is 44.5 Å². The molecule has 0 radical (unpaired) electrons. The molecule has 0 unspecified atom stereocenters. The van der Waals surface area contributed by atoms with Gasteiger partial charge >= 0.3 is 0 Å². The lowest BCUT2D eigenvalue weighted by atomic mass is 9.96. The van der Waals surface area contributed by atoms with Crippen LogP contribution in [0.15, 0.2) is 71.4 Å². The van der Waals surface area contributed by atoms with E-state index in [1.165, 1.54) is 0 Å². The van der Waals surface area contributed by atoms with E-state index >= 15 is 0 Å². The lowest BCUT2D eigenvalue weighted by Gasteiger charge is -2.15. The molecule has 0 bridgehead atoms. The highest BCUT2D eigenvalue weighted by molar-refractivity contribution is 6.06. The summed E-state index contributed by atoms with van der Waals surface area (Å²) in [6.07, 6.45) is 3.32. The van der Waals surface area contributed by atoms with Crippen molar-refractivity contribution in [2.45, 2.75) is 27.7 Å². The van der Waals surface area contributed by atoms with Crippen molar-refractivity contribution in [3.8, 4) is 28.4 Å². The van der Waals surface area contributed by atoms with Crippen LogP contribution >= 0.6 is 0 Å². The normalized spacial score (nSPS) is 11.4. The molecule has 36 heavy (non-hydrogen) atoms. The van der Waals surface area contributed by atoms with Crippen LogP contribution in [0.5, 0.6) is 17.2 Å². The zero-order valence-corrected chi connectivity index (χ0v) is 21.3. The zero-order valence-electron chi connectivity index (χ0n) is 21.3. The van der Waals surface area contributed by atoms with Crippen molar-refractivity contribution in [2.75, 3.05) is 25.6 Å². The molecule has 6 nitrogen and oxygen atoms in total. The van der Waals surface area contributed by atoms with Crippen LogP contribution < -0.4 is 19.5 Å². The van der Waals surface area contributed by atoms with Crippen molar-refractivity contribution < 1.29 is 23.4 Å². The minimum absolute atomic E-state index is 0.253. The van der Waals surface area contributed by atoms with E-state index in [-0.39, 0.29) is 5.91 Å². The number of anilines is 1. The Bertz CT molecular complexity index is 1420. The molecule has 0 aliphatic rings. The van der Waals surface area contributed by atoms with E-state index in [1.807, 2.05) is 82.3 Å². The van der Waals surface area contributed by atoms with Crippen molar-refractivity contribution in [3.05, 3.63) is 78.1 Å². The first-order valence-electron chi connectivity index (χ1n) is 12.0. The SMILES string of the molecule is CCOc1ccccc1NC(=O)/C=C(\C)c1cc2c(-c3ccccc3OC)coc2c(C)c1OCC. The molecular formula is C30H31NO5. The average molecular weight is 486 g/mol. The number of furan rings is 1. The lowest BCUT2D eigenvalue weighted by Crippen LogP contribution is -2.10. The van der Waals surface area contributed by atoms with Crippen molar-refractivity contribution in [2.24, 2.45) is 0 Å². The number of benzene rings is 3. The topological polar surface area (TPSA) is 69.9 Å². The largest absolute Gasteiger partial charge is 0.496 e. The number of nitrogens with one attached hydrogen (secondary N) is 1. The molecule has 1 heterocycles. The molecule has 0 saturated heterocycles. The van der Waals surface area contributed by atoms with Gasteiger partial charge in [0.2, 0.25) is 5.91 Å². The van der Waals surface area contributed by atoms with Crippen molar-refractivity contribution in [3.63, 3.8) is 0 Å². The molecule has 0 saturated carbocycles. The molecule has 1 aromatic heterocycles. The monoisotopic (exact) mass is 485 g/mol. The minimum atomic E-state index is -0.253. The molecule has 0 spiro atoms. The van der Waals surface area contributed by atoms with Crippen LogP contribution in [0, 0.1) is 6.92 Å². The molecular weight excluding hydrogens is 454 g/mol. The third-order valence-corrected chi connectivity index (χ3v) is 5.95. The highest BCUT2D eigenvalue weighted by atomic mass is 16.5. The lowest BCUT2D eigenvalue weighted by molar-refractivity contribution is -0.111. The van der Waals surface area contributed by atoms with Gasteiger partial charge in [-0.1, -0.05) is 30.3 Å². The smallest absolute Gasteiger partial charge is 0.248 e. The second-order valence-corrected chi connectivity index (χ2v) is 8.28. The van der Waals surface area contributed by atoms with Crippen LogP contribution in [0.4, 0.5) is 5.69 Å². The molecule has 4 aromatic rings. The van der Waals surface area contributed by atoms with Gasteiger partial charge in [-0.2, -0.15) is 0 Å². The number of para-hydroxylation sites is 3. The van der Waals surface area contributed by atoms with Gasteiger partial charge in [-0.05, 0) is 57.5 Å². The maximum absolute atomic E-state index is 13.0. The number of carbonyl (C=O) groups excluding carboxylic acids is 1. The number of carbonyl (C=O) groups is 1. The van der Waals surface area contributed by atoms with Gasteiger partial charge < -0.3 is 23.9 Å². The van der Waals surface area contributed by atoms with E-state index in [0.29, 0.717) is 30.4 Å². The van der Waals surface area contributed by atoms with Crippen LogP contribution in [0.3, 0.4) is 0 Å². The Morgan fingerprint density at radius 3 is 2.39 bits per heavy atom. The van der Waals surface area contributed by atoms with Gasteiger partial charge in [0.05, 0.1) is 32.3 Å². The second-order valence-electron chi connectivity index (χ2n) is 8.28. The van der Waals surface area contributed by atoms with Gasteiger partial charge in [-0.25, -0.2) is 0 Å². The number of ether oxygens (including phenoxy) is 3. The van der Waals surface area contributed by atoms with Gasteiger partial charge in [0.1, 0.15) is 22.8 Å². The second kappa shape index (κ2) is 11.0. The van der Waals surface area contributed by atoms with Crippen molar-refractivity contribution in [1.29, 1.82) is 0 Å². The Morgan fingerprint density at radius 1 is 0.972 bits per heavy atom. The molecule has 1 amide bonds. The molecule has 0 aliphatic heterocycles. The van der Waals surface area contributed by atoms with Crippen molar-refractivity contribution in [1.82, 2.24) is 0 Å². The predicted molar refractivity (Wildman–Crippen MR) is 144 cm³/mol. The number of amides is 1. The first-order valence-corrected chi connectivity index (χ1v) is 12.0. The maximum Gasteiger partial charge on any atom is 0.248 e. The molecule has 0 atom stereocenters. The summed E-state index contributed by atoms with van der Waals surface area (Å²) in [6, 6.07) is 17.2. The zero-order chi connectivity index (χ0) is 25.7. The first kappa shape index (κ1) is 24.9. The number of hydrogen-bond acceptors (Lipinski definition) is 5. The average Bonchev–Trinajstić information content (AvgIpc) is 3.31. The van der Waals surface area contributed by atoms with E-state index in [9.17, 15) is 4.79 Å². The van der Waals surface area contributed by atoms with Gasteiger partial charge in [-0.15, -0.1) is 0 Å². The number of aryl methyl sites for hydroxylation is 1. The molecule has 3 aromatic carbocycles. The number of allylic oxidation sites excluding steroid dienone is 1. The standard InChI is InChI=1S/C30H31NO5/c1-6-34-27-15-11-9-13-25(27)31-28(32)16-19(3)22-17-23-24(21-12-8-10-14-26(21)33-5)18-36-30(23)20(4)29(22)35-7-2/h8-18H,6-7H2,1-5H3,(H,31,32)/b19-16+. The fraction of sp³-hybridized carbons (Fsp3) is 0.233. The van der Waals surface area contributed by atoms with Gasteiger partial charge in [0.25, 0.3) is 0 Å². The Morgan fingerprint density at radius 2 is 1.67 bits per heavy atom. The fourth-order valence-electron chi connectivity index (χ4n) is 4.31. The van der Waals surface area contributed by atoms with Gasteiger partial charge in [-0.3, -0.25) is 4.79 Å². The summed E-state index contributed by atoms with van der Waals surface area (Å²) in [6.45, 7) is 8.72. The summed E-state index contributed by atoms with van der Waals surface area (Å²) >= 11 is 0. The Hall–Kier alpha value is -4.19. The molecule has 6 heteroatoms. The molecule has 0 fully saturated rings. The third-order valence-electron chi connectivity index (χ3n) is 5.95. The summed E-state index contributed by atoms with van der Waals surface area (Å²) < 4.78 is 23.2. The van der Waals surface area contributed by atoms with Crippen LogP contribution in [0.25, 0.3) is 27.7 Å². The van der Waals surface area contributed by atoms with Gasteiger partial charge in [0.15, 0.2) is 0 Å². The summed E-state index contributed by atoms with van der Waals surface area (Å²) in [5.74, 6) is 1.83. The van der Waals surface area contributed by atoms with E-state index in [2.05, 4.69) is 5.32 Å². The highest BCUT2D eigenvalue weighted by Gasteiger charge is 2.20. The van der Waals surface area contributed by atoms with E-state index in [4.69, 9.17) is 18.6 Å². The summed E-state index contributed by atoms with van der Waals surface area (Å²) in [5.41, 5.74) is 5.68. The molecule has 186 valence electrons. The number of hydrogen-bond donors (Lipinski definition) is 1.